The zero-order valence-electron chi connectivity index (χ0n) is 14.5. The lowest BCUT2D eigenvalue weighted by Gasteiger charge is -2.25. The number of methoxy groups -OCH3 is 1. The number of fused-ring (bicyclic) bond motifs is 1. The van der Waals surface area contributed by atoms with Crippen LogP contribution in [0.15, 0.2) is 64.2 Å². The molecule has 8 heteroatoms. The smallest absolute Gasteiger partial charge is 0.274 e. The molecule has 0 spiro atoms. The molecule has 1 aliphatic rings. The van der Waals surface area contributed by atoms with E-state index in [0.717, 1.165) is 5.56 Å². The zero-order chi connectivity index (χ0) is 18.9. The number of sulfonamides is 1. The Labute approximate surface area is 161 Å². The normalized spacial score (nSPS) is 12.8. The molecule has 0 amide bonds. The van der Waals surface area contributed by atoms with Crippen molar-refractivity contribution in [3.63, 3.8) is 0 Å². The van der Waals surface area contributed by atoms with Crippen molar-refractivity contribution in [3.05, 3.63) is 65.5 Å². The molecule has 3 aromatic rings. The SMILES string of the molecule is COc1ccccc1N(Cc1ccc2c(c1)OCO2)S(=O)(=O)c1cccs1. The Morgan fingerprint density at radius 1 is 1.07 bits per heavy atom. The molecule has 27 heavy (non-hydrogen) atoms. The summed E-state index contributed by atoms with van der Waals surface area (Å²) in [5, 5.41) is 1.74. The van der Waals surface area contributed by atoms with E-state index in [9.17, 15) is 8.42 Å². The molecule has 0 saturated heterocycles. The summed E-state index contributed by atoms with van der Waals surface area (Å²) in [5.74, 6) is 1.75. The quantitative estimate of drug-likeness (QED) is 0.625. The number of para-hydroxylation sites is 2. The molecule has 2 aromatic carbocycles. The molecular formula is C19H17NO5S2. The molecule has 1 aromatic heterocycles. The molecule has 140 valence electrons. The summed E-state index contributed by atoms with van der Waals surface area (Å²) in [5.41, 5.74) is 1.26. The highest BCUT2D eigenvalue weighted by molar-refractivity contribution is 7.94. The molecule has 0 fully saturated rings. The van der Waals surface area contributed by atoms with E-state index in [4.69, 9.17) is 14.2 Å². The maximum absolute atomic E-state index is 13.3. The largest absolute Gasteiger partial charge is 0.495 e. The highest BCUT2D eigenvalue weighted by Gasteiger charge is 2.29. The van der Waals surface area contributed by atoms with Crippen LogP contribution < -0.4 is 18.5 Å². The van der Waals surface area contributed by atoms with Gasteiger partial charge in [0.15, 0.2) is 11.5 Å². The number of anilines is 1. The summed E-state index contributed by atoms with van der Waals surface area (Å²) >= 11 is 1.18. The van der Waals surface area contributed by atoms with Crippen molar-refractivity contribution in [2.75, 3.05) is 18.2 Å². The van der Waals surface area contributed by atoms with E-state index in [-0.39, 0.29) is 17.5 Å². The van der Waals surface area contributed by atoms with Crippen LogP contribution in [0.5, 0.6) is 17.2 Å². The van der Waals surface area contributed by atoms with Crippen LogP contribution in [0, 0.1) is 0 Å². The van der Waals surface area contributed by atoms with Crippen LogP contribution in [0.1, 0.15) is 5.56 Å². The minimum atomic E-state index is -3.76. The lowest BCUT2D eigenvalue weighted by Crippen LogP contribution is -2.30. The van der Waals surface area contributed by atoms with Crippen LogP contribution >= 0.6 is 11.3 Å². The van der Waals surface area contributed by atoms with Crippen LogP contribution in [-0.4, -0.2) is 22.3 Å². The maximum Gasteiger partial charge on any atom is 0.274 e. The lowest BCUT2D eigenvalue weighted by atomic mass is 10.2. The van der Waals surface area contributed by atoms with Crippen LogP contribution in [-0.2, 0) is 16.6 Å². The van der Waals surface area contributed by atoms with Gasteiger partial charge < -0.3 is 14.2 Å². The van der Waals surface area contributed by atoms with E-state index in [0.29, 0.717) is 22.9 Å². The Balaban J connectivity index is 1.79. The first-order chi connectivity index (χ1) is 13.1. The van der Waals surface area contributed by atoms with Crippen molar-refractivity contribution in [2.24, 2.45) is 0 Å². The Kier molecular flexibility index (Phi) is 4.67. The Morgan fingerprint density at radius 3 is 2.67 bits per heavy atom. The molecule has 0 bridgehead atoms. The van der Waals surface area contributed by atoms with E-state index in [2.05, 4.69) is 0 Å². The molecule has 0 N–H and O–H groups in total. The predicted molar refractivity (Wildman–Crippen MR) is 103 cm³/mol. The molecule has 4 rings (SSSR count). The van der Waals surface area contributed by atoms with Gasteiger partial charge >= 0.3 is 0 Å². The second-order valence-electron chi connectivity index (χ2n) is 5.80. The second-order valence-corrected chi connectivity index (χ2v) is 8.84. The average molecular weight is 403 g/mol. The van der Waals surface area contributed by atoms with E-state index >= 15 is 0 Å². The fourth-order valence-electron chi connectivity index (χ4n) is 2.86. The summed E-state index contributed by atoms with van der Waals surface area (Å²) in [4.78, 5) is 0. The Morgan fingerprint density at radius 2 is 1.89 bits per heavy atom. The second kappa shape index (κ2) is 7.13. The molecule has 0 aliphatic carbocycles. The molecule has 6 nitrogen and oxygen atoms in total. The number of benzene rings is 2. The van der Waals surface area contributed by atoms with Crippen LogP contribution in [0.2, 0.25) is 0 Å². The minimum absolute atomic E-state index is 0.136. The summed E-state index contributed by atoms with van der Waals surface area (Å²) < 4.78 is 44.4. The zero-order valence-corrected chi connectivity index (χ0v) is 16.1. The highest BCUT2D eigenvalue weighted by Crippen LogP contribution is 2.37. The Bertz CT molecular complexity index is 1050. The van der Waals surface area contributed by atoms with Crippen molar-refractivity contribution < 1.29 is 22.6 Å². The van der Waals surface area contributed by atoms with Gasteiger partial charge in [0.25, 0.3) is 10.0 Å². The summed E-state index contributed by atoms with van der Waals surface area (Å²) in [6.07, 6.45) is 0. The van der Waals surface area contributed by atoms with Crippen molar-refractivity contribution >= 4 is 27.0 Å². The van der Waals surface area contributed by atoms with Crippen molar-refractivity contribution in [2.45, 2.75) is 10.8 Å². The van der Waals surface area contributed by atoms with Gasteiger partial charge in [0.05, 0.1) is 19.3 Å². The molecule has 0 unspecified atom stereocenters. The van der Waals surface area contributed by atoms with Gasteiger partial charge in [-0.1, -0.05) is 24.3 Å². The van der Waals surface area contributed by atoms with E-state index < -0.39 is 10.0 Å². The summed E-state index contributed by atoms with van der Waals surface area (Å²) in [7, 11) is -2.23. The van der Waals surface area contributed by atoms with Gasteiger partial charge in [-0.2, -0.15) is 0 Å². The molecule has 0 atom stereocenters. The highest BCUT2D eigenvalue weighted by atomic mass is 32.2. The minimum Gasteiger partial charge on any atom is -0.495 e. The van der Waals surface area contributed by atoms with Crippen molar-refractivity contribution in [1.82, 2.24) is 0 Å². The third-order valence-electron chi connectivity index (χ3n) is 4.16. The number of hydrogen-bond acceptors (Lipinski definition) is 6. The van der Waals surface area contributed by atoms with Gasteiger partial charge in [0, 0.05) is 0 Å². The Hall–Kier alpha value is -2.71. The fraction of sp³-hybridized carbons (Fsp3) is 0.158. The van der Waals surface area contributed by atoms with E-state index in [1.54, 1.807) is 53.9 Å². The summed E-state index contributed by atoms with van der Waals surface area (Å²) in [6, 6.07) is 15.8. The monoisotopic (exact) mass is 403 g/mol. The first-order valence-electron chi connectivity index (χ1n) is 8.17. The van der Waals surface area contributed by atoms with Crippen molar-refractivity contribution in [1.29, 1.82) is 0 Å². The number of hydrogen-bond donors (Lipinski definition) is 0. The predicted octanol–water partition coefficient (Wildman–Crippen LogP) is 3.88. The molecule has 1 aliphatic heterocycles. The number of thiophene rings is 1. The fourth-order valence-corrected chi connectivity index (χ4v) is 5.43. The van der Waals surface area contributed by atoms with Gasteiger partial charge in [0.2, 0.25) is 6.79 Å². The molecule has 0 radical (unpaired) electrons. The van der Waals surface area contributed by atoms with Crippen LogP contribution in [0.4, 0.5) is 5.69 Å². The first-order valence-corrected chi connectivity index (χ1v) is 10.5. The third kappa shape index (κ3) is 3.33. The van der Waals surface area contributed by atoms with Gasteiger partial charge in [-0.25, -0.2) is 8.42 Å². The number of ether oxygens (including phenoxy) is 3. The standard InChI is InChI=1S/C19H17NO5S2/c1-23-16-6-3-2-5-15(16)20(27(21,22)19-7-4-10-26-19)12-14-8-9-17-18(11-14)25-13-24-17/h2-11H,12-13H2,1H3. The number of rotatable bonds is 6. The molecule has 0 saturated carbocycles. The van der Waals surface area contributed by atoms with E-state index in [1.165, 1.54) is 22.8 Å². The maximum atomic E-state index is 13.3. The number of nitrogens with zero attached hydrogens (tertiary/aromatic N) is 1. The van der Waals surface area contributed by atoms with Gasteiger partial charge in [-0.3, -0.25) is 4.31 Å². The van der Waals surface area contributed by atoms with Gasteiger partial charge in [-0.15, -0.1) is 11.3 Å². The van der Waals surface area contributed by atoms with Gasteiger partial charge in [-0.05, 0) is 41.3 Å². The lowest BCUT2D eigenvalue weighted by molar-refractivity contribution is 0.174. The third-order valence-corrected chi connectivity index (χ3v) is 7.29. The van der Waals surface area contributed by atoms with Crippen molar-refractivity contribution in [3.8, 4) is 17.2 Å². The van der Waals surface area contributed by atoms with Crippen LogP contribution in [0.3, 0.4) is 0 Å². The summed E-state index contributed by atoms with van der Waals surface area (Å²) in [6.45, 7) is 0.305. The molecular weight excluding hydrogens is 386 g/mol. The topological polar surface area (TPSA) is 65.1 Å². The first kappa shape index (κ1) is 17.7. The molecule has 2 heterocycles. The van der Waals surface area contributed by atoms with E-state index in [1.807, 2.05) is 6.07 Å². The van der Waals surface area contributed by atoms with Crippen LogP contribution in [0.25, 0.3) is 0 Å². The van der Waals surface area contributed by atoms with Gasteiger partial charge in [0.1, 0.15) is 9.96 Å². The average Bonchev–Trinajstić information content (AvgIpc) is 3.37.